The second-order valence-corrected chi connectivity index (χ2v) is 6.19. The van der Waals surface area contributed by atoms with Gasteiger partial charge in [-0.15, -0.1) is 0 Å². The number of carbonyl (C=O) groups is 1. The number of hydrogen-bond acceptors (Lipinski definition) is 5. The molecule has 4 N–H and O–H groups in total. The van der Waals surface area contributed by atoms with Crippen LogP contribution in [0.1, 0.15) is 15.9 Å². The van der Waals surface area contributed by atoms with Crippen molar-refractivity contribution in [3.8, 4) is 0 Å². The topological polar surface area (TPSA) is 93.8 Å². The Kier molecular flexibility index (Phi) is 7.87. The fourth-order valence-corrected chi connectivity index (χ4v) is 2.50. The second kappa shape index (κ2) is 10.1. The Balaban J connectivity index is 1.90. The van der Waals surface area contributed by atoms with E-state index in [0.717, 1.165) is 10.0 Å². The number of halogens is 1. The van der Waals surface area contributed by atoms with Gasteiger partial charge in [0.05, 0.1) is 38.6 Å². The Labute approximate surface area is 155 Å². The number of aliphatic hydroxyl groups is 1. The lowest BCUT2D eigenvalue weighted by Gasteiger charge is -2.10. The van der Waals surface area contributed by atoms with Crippen molar-refractivity contribution in [3.05, 3.63) is 58.1 Å². The number of nitrogen functional groups attached to an aromatic ring is 1. The van der Waals surface area contributed by atoms with Crippen LogP contribution in [-0.2, 0) is 16.1 Å². The van der Waals surface area contributed by atoms with Crippen molar-refractivity contribution in [2.75, 3.05) is 37.5 Å². The van der Waals surface area contributed by atoms with E-state index in [1.165, 1.54) is 0 Å². The summed E-state index contributed by atoms with van der Waals surface area (Å²) in [4.78, 5) is 12.4. The van der Waals surface area contributed by atoms with Crippen LogP contribution in [0.4, 0.5) is 11.4 Å². The number of aliphatic hydroxyl groups excluding tert-OH is 1. The molecule has 2 aromatic carbocycles. The molecule has 0 aliphatic rings. The predicted molar refractivity (Wildman–Crippen MR) is 101 cm³/mol. The van der Waals surface area contributed by atoms with Crippen LogP contribution in [0.5, 0.6) is 0 Å². The van der Waals surface area contributed by atoms with Crippen molar-refractivity contribution < 1.29 is 19.4 Å². The molecule has 2 aromatic rings. The molecule has 134 valence electrons. The van der Waals surface area contributed by atoms with E-state index in [1.807, 2.05) is 18.2 Å². The number of hydrogen-bond donors (Lipinski definition) is 3. The molecule has 6 nitrogen and oxygen atoms in total. The number of carbonyl (C=O) groups excluding carboxylic acids is 1. The molecule has 0 heterocycles. The minimum Gasteiger partial charge on any atom is -0.398 e. The Morgan fingerprint density at radius 3 is 2.72 bits per heavy atom. The third-order valence-electron chi connectivity index (χ3n) is 3.32. The number of anilines is 2. The van der Waals surface area contributed by atoms with Crippen LogP contribution in [0, 0.1) is 0 Å². The molecule has 0 saturated heterocycles. The molecule has 7 heteroatoms. The third kappa shape index (κ3) is 6.47. The van der Waals surface area contributed by atoms with Gasteiger partial charge in [0, 0.05) is 15.8 Å². The van der Waals surface area contributed by atoms with Crippen molar-refractivity contribution in [2.24, 2.45) is 0 Å². The van der Waals surface area contributed by atoms with Crippen LogP contribution >= 0.6 is 15.9 Å². The Bertz CT molecular complexity index is 709. The quantitative estimate of drug-likeness (QED) is 0.438. The first kappa shape index (κ1) is 19.4. The summed E-state index contributed by atoms with van der Waals surface area (Å²) < 4.78 is 11.4. The normalized spacial score (nSPS) is 10.6. The van der Waals surface area contributed by atoms with Gasteiger partial charge in [-0.05, 0) is 35.9 Å². The summed E-state index contributed by atoms with van der Waals surface area (Å²) in [6.45, 7) is 1.59. The Morgan fingerprint density at radius 2 is 1.92 bits per heavy atom. The summed E-state index contributed by atoms with van der Waals surface area (Å²) in [5, 5.41) is 11.4. The zero-order valence-corrected chi connectivity index (χ0v) is 15.3. The summed E-state index contributed by atoms with van der Waals surface area (Å²) in [5.74, 6) is -0.269. The Morgan fingerprint density at radius 1 is 1.12 bits per heavy atom. The number of nitrogens with one attached hydrogen (secondary N) is 1. The first-order chi connectivity index (χ1) is 12.1. The first-order valence-electron chi connectivity index (χ1n) is 7.82. The lowest BCUT2D eigenvalue weighted by atomic mass is 10.1. The SMILES string of the molecule is Nc1ccc(Br)cc1C(=O)Nc1cccc(COCCOCCO)c1. The van der Waals surface area contributed by atoms with Crippen LogP contribution < -0.4 is 11.1 Å². The van der Waals surface area contributed by atoms with Gasteiger partial charge < -0.3 is 25.6 Å². The molecular formula is C18H21BrN2O4. The van der Waals surface area contributed by atoms with Gasteiger partial charge in [0.1, 0.15) is 0 Å². The van der Waals surface area contributed by atoms with E-state index in [-0.39, 0.29) is 12.5 Å². The van der Waals surface area contributed by atoms with Crippen LogP contribution in [0.25, 0.3) is 0 Å². The second-order valence-electron chi connectivity index (χ2n) is 5.27. The van der Waals surface area contributed by atoms with Crippen LogP contribution in [0.2, 0.25) is 0 Å². The number of amides is 1. The first-order valence-corrected chi connectivity index (χ1v) is 8.61. The van der Waals surface area contributed by atoms with Crippen LogP contribution in [0.3, 0.4) is 0 Å². The van der Waals surface area contributed by atoms with Gasteiger partial charge in [0.25, 0.3) is 5.91 Å². The maximum atomic E-state index is 12.4. The van der Waals surface area contributed by atoms with E-state index in [9.17, 15) is 4.79 Å². The van der Waals surface area contributed by atoms with Gasteiger partial charge in [-0.2, -0.15) is 0 Å². The summed E-state index contributed by atoms with van der Waals surface area (Å²) in [7, 11) is 0. The summed E-state index contributed by atoms with van der Waals surface area (Å²) in [6.07, 6.45) is 0. The summed E-state index contributed by atoms with van der Waals surface area (Å²) >= 11 is 3.34. The molecule has 0 aliphatic heterocycles. The van der Waals surface area contributed by atoms with Gasteiger partial charge in [-0.25, -0.2) is 0 Å². The molecule has 0 aliphatic carbocycles. The molecular weight excluding hydrogens is 388 g/mol. The van der Waals surface area contributed by atoms with E-state index in [2.05, 4.69) is 21.2 Å². The number of benzene rings is 2. The minimum atomic E-state index is -0.269. The monoisotopic (exact) mass is 408 g/mol. The lowest BCUT2D eigenvalue weighted by molar-refractivity contribution is 0.0274. The number of ether oxygens (including phenoxy) is 2. The molecule has 0 atom stereocenters. The lowest BCUT2D eigenvalue weighted by Crippen LogP contribution is -2.14. The molecule has 0 saturated carbocycles. The van der Waals surface area contributed by atoms with Crippen molar-refractivity contribution in [3.63, 3.8) is 0 Å². The average molecular weight is 409 g/mol. The van der Waals surface area contributed by atoms with Crippen molar-refractivity contribution in [2.45, 2.75) is 6.61 Å². The molecule has 1 amide bonds. The average Bonchev–Trinajstić information content (AvgIpc) is 2.60. The van der Waals surface area contributed by atoms with E-state index < -0.39 is 0 Å². The summed E-state index contributed by atoms with van der Waals surface area (Å²) in [6, 6.07) is 12.6. The number of rotatable bonds is 9. The van der Waals surface area contributed by atoms with Gasteiger partial charge in [0.15, 0.2) is 0 Å². The zero-order chi connectivity index (χ0) is 18.1. The zero-order valence-electron chi connectivity index (χ0n) is 13.7. The van der Waals surface area contributed by atoms with Gasteiger partial charge >= 0.3 is 0 Å². The van der Waals surface area contributed by atoms with E-state index in [0.29, 0.717) is 43.4 Å². The highest BCUT2D eigenvalue weighted by Crippen LogP contribution is 2.20. The molecule has 25 heavy (non-hydrogen) atoms. The van der Waals surface area contributed by atoms with Crippen LogP contribution in [0.15, 0.2) is 46.9 Å². The molecule has 0 unspecified atom stereocenters. The van der Waals surface area contributed by atoms with E-state index >= 15 is 0 Å². The molecule has 0 aromatic heterocycles. The van der Waals surface area contributed by atoms with Gasteiger partial charge in [-0.1, -0.05) is 28.1 Å². The maximum absolute atomic E-state index is 12.4. The highest BCUT2D eigenvalue weighted by atomic mass is 79.9. The fraction of sp³-hybridized carbons (Fsp3) is 0.278. The highest BCUT2D eigenvalue weighted by molar-refractivity contribution is 9.10. The third-order valence-corrected chi connectivity index (χ3v) is 3.81. The molecule has 2 rings (SSSR count). The highest BCUT2D eigenvalue weighted by Gasteiger charge is 2.10. The molecule has 0 radical (unpaired) electrons. The van der Waals surface area contributed by atoms with Crippen LogP contribution in [-0.4, -0.2) is 37.4 Å². The van der Waals surface area contributed by atoms with Crippen molar-refractivity contribution in [1.29, 1.82) is 0 Å². The molecule has 0 bridgehead atoms. The minimum absolute atomic E-state index is 0.00421. The fourth-order valence-electron chi connectivity index (χ4n) is 2.14. The number of nitrogens with two attached hydrogens (primary N) is 1. The molecule has 0 fully saturated rings. The molecule has 0 spiro atoms. The van der Waals surface area contributed by atoms with Gasteiger partial charge in [0.2, 0.25) is 0 Å². The van der Waals surface area contributed by atoms with E-state index in [4.69, 9.17) is 20.3 Å². The smallest absolute Gasteiger partial charge is 0.257 e. The standard InChI is InChI=1S/C18H21BrN2O4/c19-14-4-5-17(20)16(11-14)18(23)21-15-3-1-2-13(10-15)12-25-9-8-24-7-6-22/h1-5,10-11,22H,6-9,12,20H2,(H,21,23). The summed E-state index contributed by atoms with van der Waals surface area (Å²) in [5.41, 5.74) is 8.29. The predicted octanol–water partition coefficient (Wildman–Crippen LogP) is 2.81. The Hall–Kier alpha value is -1.93. The van der Waals surface area contributed by atoms with Crippen molar-refractivity contribution >= 4 is 33.2 Å². The maximum Gasteiger partial charge on any atom is 0.257 e. The van der Waals surface area contributed by atoms with Crippen molar-refractivity contribution in [1.82, 2.24) is 0 Å². The van der Waals surface area contributed by atoms with Gasteiger partial charge in [-0.3, -0.25) is 4.79 Å². The largest absolute Gasteiger partial charge is 0.398 e. The van der Waals surface area contributed by atoms with E-state index in [1.54, 1.807) is 24.3 Å².